The van der Waals surface area contributed by atoms with Gasteiger partial charge in [-0.25, -0.2) is 0 Å². The van der Waals surface area contributed by atoms with E-state index in [2.05, 4.69) is 16.9 Å². The van der Waals surface area contributed by atoms with Crippen molar-refractivity contribution in [3.05, 3.63) is 35.9 Å². The summed E-state index contributed by atoms with van der Waals surface area (Å²) in [6, 6.07) is 9.55. The first-order valence-electron chi connectivity index (χ1n) is 4.69. The quantitative estimate of drug-likeness (QED) is 0.822. The molecule has 0 saturated carbocycles. The van der Waals surface area contributed by atoms with E-state index in [1.165, 1.54) is 12.7 Å². The molecule has 0 aliphatic carbocycles. The molecule has 3 nitrogen and oxygen atoms in total. The summed E-state index contributed by atoms with van der Waals surface area (Å²) >= 11 is 1.63. The van der Waals surface area contributed by atoms with Gasteiger partial charge >= 0.3 is 5.97 Å². The molecule has 1 rings (SSSR count). The van der Waals surface area contributed by atoms with Crippen LogP contribution in [0.5, 0.6) is 0 Å². The molecule has 0 radical (unpaired) electrons. The molecule has 1 aromatic carbocycles. The molecule has 0 aliphatic heterocycles. The van der Waals surface area contributed by atoms with E-state index in [-0.39, 0.29) is 18.4 Å². The van der Waals surface area contributed by atoms with Crippen LogP contribution in [0.25, 0.3) is 0 Å². The maximum Gasteiger partial charge on any atom is 0.323 e. The molecule has 0 amide bonds. The van der Waals surface area contributed by atoms with Crippen LogP contribution in [0.3, 0.4) is 0 Å². The second-order valence-electron chi connectivity index (χ2n) is 3.13. The van der Waals surface area contributed by atoms with Gasteiger partial charge in [0, 0.05) is 11.5 Å². The van der Waals surface area contributed by atoms with Crippen LogP contribution in [0.2, 0.25) is 0 Å². The highest BCUT2D eigenvalue weighted by molar-refractivity contribution is 7.98. The lowest BCUT2D eigenvalue weighted by Gasteiger charge is -2.08. The normalized spacial score (nSPS) is 11.4. The number of thioether (sulfide) groups is 1. The number of carbonyl (C=O) groups is 1. The van der Waals surface area contributed by atoms with Crippen molar-refractivity contribution in [3.8, 4) is 0 Å². The SMILES string of the molecule is COC(=O)[C@H](N)CSCc1ccccc1.Cl. The number of ether oxygens (including phenoxy) is 1. The van der Waals surface area contributed by atoms with Gasteiger partial charge in [0.15, 0.2) is 0 Å². The van der Waals surface area contributed by atoms with Gasteiger partial charge in [-0.1, -0.05) is 30.3 Å². The minimum absolute atomic E-state index is 0. The molecular weight excluding hydrogens is 246 g/mol. The van der Waals surface area contributed by atoms with Gasteiger partial charge in [0.1, 0.15) is 6.04 Å². The molecule has 0 unspecified atom stereocenters. The lowest BCUT2D eigenvalue weighted by molar-refractivity contribution is -0.141. The maximum absolute atomic E-state index is 11.0. The molecule has 0 aromatic heterocycles. The van der Waals surface area contributed by atoms with E-state index in [1.54, 1.807) is 11.8 Å². The third kappa shape index (κ3) is 5.39. The smallest absolute Gasteiger partial charge is 0.323 e. The molecule has 5 heteroatoms. The van der Waals surface area contributed by atoms with Gasteiger partial charge in [-0.2, -0.15) is 11.8 Å². The first-order valence-corrected chi connectivity index (χ1v) is 5.84. The van der Waals surface area contributed by atoms with E-state index < -0.39 is 6.04 Å². The predicted molar refractivity (Wildman–Crippen MR) is 69.8 cm³/mol. The Morgan fingerprint density at radius 3 is 2.62 bits per heavy atom. The Kier molecular flexibility index (Phi) is 8.07. The Morgan fingerprint density at radius 2 is 2.06 bits per heavy atom. The van der Waals surface area contributed by atoms with E-state index in [4.69, 9.17) is 5.73 Å². The third-order valence-corrected chi connectivity index (χ3v) is 3.05. The zero-order valence-corrected chi connectivity index (χ0v) is 10.7. The van der Waals surface area contributed by atoms with Crippen LogP contribution in [0.15, 0.2) is 30.3 Å². The van der Waals surface area contributed by atoms with E-state index in [9.17, 15) is 4.79 Å². The first kappa shape index (κ1) is 15.3. The van der Waals surface area contributed by atoms with E-state index >= 15 is 0 Å². The molecular formula is C11H16ClNO2S. The van der Waals surface area contributed by atoms with Crippen LogP contribution < -0.4 is 5.73 Å². The maximum atomic E-state index is 11.0. The first-order chi connectivity index (χ1) is 7.24. The summed E-state index contributed by atoms with van der Waals surface area (Å²) in [5, 5.41) is 0. The number of methoxy groups -OCH3 is 1. The highest BCUT2D eigenvalue weighted by Crippen LogP contribution is 2.12. The molecule has 0 saturated heterocycles. The van der Waals surface area contributed by atoms with Crippen molar-refractivity contribution in [1.29, 1.82) is 0 Å². The summed E-state index contributed by atoms with van der Waals surface area (Å²) in [6.07, 6.45) is 0. The van der Waals surface area contributed by atoms with Crippen LogP contribution in [0, 0.1) is 0 Å². The molecule has 1 atom stereocenters. The number of esters is 1. The summed E-state index contributed by atoms with van der Waals surface area (Å²) < 4.78 is 4.54. The fraction of sp³-hybridized carbons (Fsp3) is 0.364. The zero-order chi connectivity index (χ0) is 11.1. The van der Waals surface area contributed by atoms with Gasteiger partial charge in [-0.05, 0) is 5.56 Å². The van der Waals surface area contributed by atoms with Crippen LogP contribution in [-0.4, -0.2) is 24.9 Å². The molecule has 0 heterocycles. The highest BCUT2D eigenvalue weighted by atomic mass is 35.5. The van der Waals surface area contributed by atoms with Gasteiger partial charge in [0.25, 0.3) is 0 Å². The largest absolute Gasteiger partial charge is 0.468 e. The number of hydrogen-bond donors (Lipinski definition) is 1. The molecule has 16 heavy (non-hydrogen) atoms. The Balaban J connectivity index is 0.00000225. The number of hydrogen-bond acceptors (Lipinski definition) is 4. The van der Waals surface area contributed by atoms with Crippen molar-refractivity contribution in [2.45, 2.75) is 11.8 Å². The van der Waals surface area contributed by atoms with Gasteiger partial charge in [-0.3, -0.25) is 4.79 Å². The second-order valence-corrected chi connectivity index (χ2v) is 4.16. The van der Waals surface area contributed by atoms with Gasteiger partial charge in [-0.15, -0.1) is 12.4 Å². The zero-order valence-electron chi connectivity index (χ0n) is 9.09. The van der Waals surface area contributed by atoms with Crippen LogP contribution in [0.4, 0.5) is 0 Å². The highest BCUT2D eigenvalue weighted by Gasteiger charge is 2.12. The van der Waals surface area contributed by atoms with Gasteiger partial charge in [0.2, 0.25) is 0 Å². The number of halogens is 1. The van der Waals surface area contributed by atoms with E-state index in [1.807, 2.05) is 18.2 Å². The average molecular weight is 262 g/mol. The average Bonchev–Trinajstić information content (AvgIpc) is 2.29. The molecule has 2 N–H and O–H groups in total. The minimum atomic E-state index is -0.524. The van der Waals surface area contributed by atoms with Crippen molar-refractivity contribution in [2.24, 2.45) is 5.73 Å². The molecule has 0 spiro atoms. The Morgan fingerprint density at radius 1 is 1.44 bits per heavy atom. The summed E-state index contributed by atoms with van der Waals surface area (Å²) in [7, 11) is 1.35. The predicted octanol–water partition coefficient (Wildman–Crippen LogP) is 1.84. The fourth-order valence-corrected chi connectivity index (χ4v) is 2.03. The summed E-state index contributed by atoms with van der Waals surface area (Å²) in [5.74, 6) is 1.10. The lowest BCUT2D eigenvalue weighted by atomic mass is 10.2. The number of carbonyl (C=O) groups excluding carboxylic acids is 1. The fourth-order valence-electron chi connectivity index (χ4n) is 1.10. The molecule has 0 aliphatic rings. The van der Waals surface area contributed by atoms with Gasteiger partial charge in [0.05, 0.1) is 7.11 Å². The van der Waals surface area contributed by atoms with Crippen LogP contribution >= 0.6 is 24.2 Å². The minimum Gasteiger partial charge on any atom is -0.468 e. The van der Waals surface area contributed by atoms with Crippen molar-refractivity contribution >= 4 is 30.1 Å². The molecule has 1 aromatic rings. The third-order valence-electron chi connectivity index (χ3n) is 1.91. The number of rotatable bonds is 5. The second kappa shape index (κ2) is 8.44. The lowest BCUT2D eigenvalue weighted by Crippen LogP contribution is -2.33. The Bertz CT molecular complexity index is 308. The van der Waals surface area contributed by atoms with Crippen LogP contribution in [0.1, 0.15) is 5.56 Å². The molecule has 90 valence electrons. The summed E-state index contributed by atoms with van der Waals surface area (Å²) in [6.45, 7) is 0. The van der Waals surface area contributed by atoms with Crippen molar-refractivity contribution < 1.29 is 9.53 Å². The Labute approximate surface area is 106 Å². The van der Waals surface area contributed by atoms with E-state index in [0.717, 1.165) is 5.75 Å². The number of nitrogens with two attached hydrogens (primary N) is 1. The monoisotopic (exact) mass is 261 g/mol. The summed E-state index contributed by atoms with van der Waals surface area (Å²) in [5.41, 5.74) is 6.83. The Hall–Kier alpha value is -0.710. The topological polar surface area (TPSA) is 52.3 Å². The summed E-state index contributed by atoms with van der Waals surface area (Å²) in [4.78, 5) is 11.0. The van der Waals surface area contributed by atoms with E-state index in [0.29, 0.717) is 5.75 Å². The molecule has 0 fully saturated rings. The van der Waals surface area contributed by atoms with Crippen molar-refractivity contribution in [3.63, 3.8) is 0 Å². The standard InChI is InChI=1S/C11H15NO2S.ClH/c1-14-11(13)10(12)8-15-7-9-5-3-2-4-6-9;/h2-6,10H,7-8,12H2,1H3;1H/t10-;/m1./s1. The van der Waals surface area contributed by atoms with Crippen molar-refractivity contribution in [2.75, 3.05) is 12.9 Å². The van der Waals surface area contributed by atoms with Gasteiger partial charge < -0.3 is 10.5 Å². The number of benzene rings is 1. The molecule has 0 bridgehead atoms. The van der Waals surface area contributed by atoms with Crippen molar-refractivity contribution in [1.82, 2.24) is 0 Å². The van der Waals surface area contributed by atoms with Crippen LogP contribution in [-0.2, 0) is 15.3 Å².